The van der Waals surface area contributed by atoms with Crippen LogP contribution in [0.15, 0.2) is 29.2 Å². The fourth-order valence-corrected chi connectivity index (χ4v) is 3.23. The molecule has 7 heteroatoms. The summed E-state index contributed by atoms with van der Waals surface area (Å²) in [5, 5.41) is 10.9. The third-order valence-electron chi connectivity index (χ3n) is 3.21. The van der Waals surface area contributed by atoms with Crippen LogP contribution in [0.3, 0.4) is 0 Å². The molecule has 0 heterocycles. The van der Waals surface area contributed by atoms with Gasteiger partial charge in [0.1, 0.15) is 0 Å². The predicted octanol–water partition coefficient (Wildman–Crippen LogP) is 3.84. The molecule has 0 spiro atoms. The number of hydrogen-bond acceptors (Lipinski definition) is 2. The Kier molecular flexibility index (Phi) is 4.47. The zero-order valence-electron chi connectivity index (χ0n) is 10.5. The van der Waals surface area contributed by atoms with Gasteiger partial charge in [0.25, 0.3) is 0 Å². The first-order valence-electron chi connectivity index (χ1n) is 6.14. The van der Waals surface area contributed by atoms with E-state index in [0.717, 1.165) is 25.0 Å². The molecule has 2 N–H and O–H groups in total. The lowest BCUT2D eigenvalue weighted by Crippen LogP contribution is -2.44. The highest BCUT2D eigenvalue weighted by Crippen LogP contribution is 2.35. The van der Waals surface area contributed by atoms with Crippen LogP contribution in [0.1, 0.15) is 18.4 Å². The van der Waals surface area contributed by atoms with Crippen molar-refractivity contribution in [3.8, 4) is 0 Å². The Morgan fingerprint density at radius 2 is 2.10 bits per heavy atom. The standard InChI is InChI=1S/C13H14F3NO2S/c14-13(15,16)9-2-1-3-11(6-9)20-7-8-4-10(5-8)17-12(18)19/h1-3,6,8,10,17H,4-5,7H2,(H,18,19)/t8-,10-. The number of thioether (sulfide) groups is 1. The summed E-state index contributed by atoms with van der Waals surface area (Å²) in [6, 6.07) is 5.25. The molecule has 2 rings (SSSR count). The number of amides is 1. The van der Waals surface area contributed by atoms with Crippen LogP contribution in [0, 0.1) is 5.92 Å². The van der Waals surface area contributed by atoms with Gasteiger partial charge in [-0.15, -0.1) is 11.8 Å². The molecular weight excluding hydrogens is 291 g/mol. The fourth-order valence-electron chi connectivity index (χ4n) is 2.14. The minimum absolute atomic E-state index is 0.0143. The highest BCUT2D eigenvalue weighted by atomic mass is 32.2. The molecule has 0 saturated heterocycles. The molecule has 1 aliphatic carbocycles. The second-order valence-electron chi connectivity index (χ2n) is 4.82. The molecule has 110 valence electrons. The number of carbonyl (C=O) groups is 1. The number of hydrogen-bond donors (Lipinski definition) is 2. The van der Waals surface area contributed by atoms with Crippen LogP contribution >= 0.6 is 11.8 Å². The van der Waals surface area contributed by atoms with Gasteiger partial charge in [0.05, 0.1) is 5.56 Å². The lowest BCUT2D eigenvalue weighted by molar-refractivity contribution is -0.137. The van der Waals surface area contributed by atoms with Crippen molar-refractivity contribution in [3.05, 3.63) is 29.8 Å². The molecule has 0 atom stereocenters. The minimum atomic E-state index is -4.32. The number of benzene rings is 1. The van der Waals surface area contributed by atoms with Gasteiger partial charge < -0.3 is 10.4 Å². The van der Waals surface area contributed by atoms with Crippen LogP contribution in [0.4, 0.5) is 18.0 Å². The molecule has 0 radical (unpaired) electrons. The van der Waals surface area contributed by atoms with Crippen molar-refractivity contribution in [3.63, 3.8) is 0 Å². The first kappa shape index (κ1) is 15.0. The normalized spacial score (nSPS) is 22.1. The molecule has 3 nitrogen and oxygen atoms in total. The first-order valence-corrected chi connectivity index (χ1v) is 7.12. The molecule has 1 saturated carbocycles. The molecule has 0 aromatic heterocycles. The number of halogens is 3. The van der Waals surface area contributed by atoms with Gasteiger partial charge in [0, 0.05) is 16.7 Å². The zero-order chi connectivity index (χ0) is 14.8. The fraction of sp³-hybridized carbons (Fsp3) is 0.462. The monoisotopic (exact) mass is 305 g/mol. The van der Waals surface area contributed by atoms with Crippen molar-refractivity contribution >= 4 is 17.9 Å². The summed E-state index contributed by atoms with van der Waals surface area (Å²) in [6.45, 7) is 0. The van der Waals surface area contributed by atoms with Gasteiger partial charge in [-0.25, -0.2) is 4.79 Å². The van der Waals surface area contributed by atoms with Crippen molar-refractivity contribution < 1.29 is 23.1 Å². The van der Waals surface area contributed by atoms with E-state index in [1.807, 2.05) is 0 Å². The van der Waals surface area contributed by atoms with Crippen LogP contribution in [-0.4, -0.2) is 23.0 Å². The Bertz CT molecular complexity index is 487. The van der Waals surface area contributed by atoms with Crippen LogP contribution in [0.2, 0.25) is 0 Å². The number of rotatable bonds is 4. The Morgan fingerprint density at radius 1 is 1.40 bits per heavy atom. The van der Waals surface area contributed by atoms with E-state index < -0.39 is 17.8 Å². The summed E-state index contributed by atoms with van der Waals surface area (Å²) < 4.78 is 37.6. The van der Waals surface area contributed by atoms with E-state index in [4.69, 9.17) is 5.11 Å². The third-order valence-corrected chi connectivity index (χ3v) is 4.44. The molecule has 0 unspecified atom stereocenters. The van der Waals surface area contributed by atoms with E-state index >= 15 is 0 Å². The smallest absolute Gasteiger partial charge is 0.416 e. The van der Waals surface area contributed by atoms with Gasteiger partial charge in [-0.1, -0.05) is 6.07 Å². The van der Waals surface area contributed by atoms with E-state index in [1.54, 1.807) is 6.07 Å². The molecule has 0 bridgehead atoms. The van der Waals surface area contributed by atoms with E-state index in [0.29, 0.717) is 16.6 Å². The van der Waals surface area contributed by atoms with Gasteiger partial charge >= 0.3 is 12.3 Å². The second kappa shape index (κ2) is 5.95. The van der Waals surface area contributed by atoms with Gasteiger partial charge in [-0.3, -0.25) is 0 Å². The number of nitrogens with one attached hydrogen (secondary N) is 1. The molecule has 20 heavy (non-hydrogen) atoms. The van der Waals surface area contributed by atoms with Gasteiger partial charge in [0.15, 0.2) is 0 Å². The lowest BCUT2D eigenvalue weighted by atomic mass is 9.82. The Labute approximate surface area is 118 Å². The van der Waals surface area contributed by atoms with Gasteiger partial charge in [-0.05, 0) is 37.0 Å². The van der Waals surface area contributed by atoms with Crippen LogP contribution < -0.4 is 5.32 Å². The molecule has 1 fully saturated rings. The van der Waals surface area contributed by atoms with Crippen LogP contribution in [0.25, 0.3) is 0 Å². The molecule has 1 amide bonds. The summed E-state index contributed by atoms with van der Waals surface area (Å²) in [6.07, 6.45) is -3.85. The number of alkyl halides is 3. The van der Waals surface area contributed by atoms with Crippen molar-refractivity contribution in [2.45, 2.75) is 30.0 Å². The molecule has 1 aromatic rings. The summed E-state index contributed by atoms with van der Waals surface area (Å²) in [5.41, 5.74) is -0.637. The Balaban J connectivity index is 1.80. The van der Waals surface area contributed by atoms with Gasteiger partial charge in [0.2, 0.25) is 0 Å². The van der Waals surface area contributed by atoms with Crippen molar-refractivity contribution in [2.75, 3.05) is 5.75 Å². The first-order chi connectivity index (χ1) is 9.34. The molecular formula is C13H14F3NO2S. The maximum atomic E-state index is 12.5. The predicted molar refractivity (Wildman–Crippen MR) is 69.8 cm³/mol. The maximum Gasteiger partial charge on any atom is 0.416 e. The largest absolute Gasteiger partial charge is 0.465 e. The van der Waals surface area contributed by atoms with Crippen molar-refractivity contribution in [2.24, 2.45) is 5.92 Å². The van der Waals surface area contributed by atoms with E-state index in [1.165, 1.54) is 17.8 Å². The number of carboxylic acid groups (broad SMARTS) is 1. The average molecular weight is 305 g/mol. The maximum absolute atomic E-state index is 12.5. The minimum Gasteiger partial charge on any atom is -0.465 e. The summed E-state index contributed by atoms with van der Waals surface area (Å²) in [7, 11) is 0. The zero-order valence-corrected chi connectivity index (χ0v) is 11.3. The highest BCUT2D eigenvalue weighted by molar-refractivity contribution is 7.99. The van der Waals surface area contributed by atoms with E-state index in [9.17, 15) is 18.0 Å². The van der Waals surface area contributed by atoms with E-state index in [-0.39, 0.29) is 6.04 Å². The second-order valence-corrected chi connectivity index (χ2v) is 5.91. The molecule has 1 aliphatic rings. The summed E-state index contributed by atoms with van der Waals surface area (Å²) in [4.78, 5) is 11.0. The Morgan fingerprint density at radius 3 is 2.70 bits per heavy atom. The van der Waals surface area contributed by atoms with Crippen molar-refractivity contribution in [1.82, 2.24) is 5.32 Å². The SMILES string of the molecule is O=C(O)N[C@H]1C[C@H](CSc2cccc(C(F)(F)F)c2)C1. The lowest BCUT2D eigenvalue weighted by Gasteiger charge is -2.34. The average Bonchev–Trinajstić information content (AvgIpc) is 2.31. The summed E-state index contributed by atoms with van der Waals surface area (Å²) >= 11 is 1.38. The van der Waals surface area contributed by atoms with E-state index in [2.05, 4.69) is 5.32 Å². The van der Waals surface area contributed by atoms with Crippen LogP contribution in [-0.2, 0) is 6.18 Å². The van der Waals surface area contributed by atoms with Crippen LogP contribution in [0.5, 0.6) is 0 Å². The van der Waals surface area contributed by atoms with Gasteiger partial charge in [-0.2, -0.15) is 13.2 Å². The quantitative estimate of drug-likeness (QED) is 0.831. The third kappa shape index (κ3) is 4.06. The molecule has 1 aromatic carbocycles. The topological polar surface area (TPSA) is 49.3 Å². The Hall–Kier alpha value is -1.37. The highest BCUT2D eigenvalue weighted by Gasteiger charge is 2.32. The van der Waals surface area contributed by atoms with Crippen molar-refractivity contribution in [1.29, 1.82) is 0 Å². The summed E-state index contributed by atoms with van der Waals surface area (Å²) in [5.74, 6) is 1.06. The molecule has 0 aliphatic heterocycles.